The van der Waals surface area contributed by atoms with E-state index in [1.165, 1.54) is 36.9 Å². The van der Waals surface area contributed by atoms with Crippen LogP contribution in [-0.2, 0) is 0 Å². The number of nitrogens with one attached hydrogen (secondary N) is 1. The van der Waals surface area contributed by atoms with Crippen LogP contribution in [0.2, 0.25) is 0 Å². The third-order valence-corrected chi connectivity index (χ3v) is 8.97. The first-order chi connectivity index (χ1) is 17.1. The smallest absolute Gasteiger partial charge is 0.320 e. The maximum atomic E-state index is 13.0. The fraction of sp³-hybridized carbons (Fsp3) is 0.556. The van der Waals surface area contributed by atoms with E-state index in [-0.39, 0.29) is 6.03 Å². The standard InChI is InChI=1S/C27H31N7O/c35-26(34-14-27(15-34)9-20(10-27)25-29-24(30-31-25)19-3-4-19)32-11-21(12-32)17-5-7-22(8-6-17)33-13-23(28-16-33)18-1-2-18/h5-8,13,16,18-21H,1-4,9-12,14-15H2,(H,29,30,31). The average Bonchev–Trinajstić information content (AvgIpc) is 3.72. The summed E-state index contributed by atoms with van der Waals surface area (Å²) >= 11 is 0. The Labute approximate surface area is 204 Å². The summed E-state index contributed by atoms with van der Waals surface area (Å²) in [6.07, 6.45) is 11.4. The Kier molecular flexibility index (Phi) is 4.12. The third-order valence-electron chi connectivity index (χ3n) is 8.97. The molecule has 5 aliphatic rings. The van der Waals surface area contributed by atoms with Crippen molar-refractivity contribution in [3.63, 3.8) is 0 Å². The van der Waals surface area contributed by atoms with E-state index < -0.39 is 0 Å². The Bertz CT molecular complexity index is 1260. The van der Waals surface area contributed by atoms with Gasteiger partial charge in [0.1, 0.15) is 11.6 Å². The number of amides is 2. The zero-order valence-electron chi connectivity index (χ0n) is 19.9. The highest BCUT2D eigenvalue weighted by Gasteiger charge is 2.56. The number of likely N-dealkylation sites (tertiary alicyclic amines) is 2. The summed E-state index contributed by atoms with van der Waals surface area (Å²) in [4.78, 5) is 25.0. The van der Waals surface area contributed by atoms with Crippen LogP contribution in [0.5, 0.6) is 0 Å². The maximum Gasteiger partial charge on any atom is 0.320 e. The summed E-state index contributed by atoms with van der Waals surface area (Å²) < 4.78 is 2.12. The normalized spacial score (nSPS) is 23.8. The zero-order chi connectivity index (χ0) is 23.1. The Morgan fingerprint density at radius 3 is 2.23 bits per heavy atom. The maximum absolute atomic E-state index is 13.0. The molecule has 8 nitrogen and oxygen atoms in total. The van der Waals surface area contributed by atoms with E-state index in [2.05, 4.69) is 55.2 Å². The van der Waals surface area contributed by atoms with Gasteiger partial charge in [0.25, 0.3) is 0 Å². The van der Waals surface area contributed by atoms with Crippen LogP contribution in [0.3, 0.4) is 0 Å². The van der Waals surface area contributed by atoms with Crippen LogP contribution in [0.15, 0.2) is 36.8 Å². The van der Waals surface area contributed by atoms with Crippen LogP contribution in [0.25, 0.3) is 5.69 Å². The average molecular weight is 470 g/mol. The second kappa shape index (κ2) is 7.18. The molecule has 1 N–H and O–H groups in total. The second-order valence-corrected chi connectivity index (χ2v) is 11.8. The topological polar surface area (TPSA) is 82.9 Å². The van der Waals surface area contributed by atoms with E-state index in [0.717, 1.165) is 56.4 Å². The summed E-state index contributed by atoms with van der Waals surface area (Å²) in [7, 11) is 0. The highest BCUT2D eigenvalue weighted by atomic mass is 16.2. The Balaban J connectivity index is 0.822. The number of aromatic nitrogens is 5. The summed E-state index contributed by atoms with van der Waals surface area (Å²) in [5.41, 5.74) is 4.01. The van der Waals surface area contributed by atoms with E-state index in [9.17, 15) is 4.79 Å². The molecule has 3 saturated carbocycles. The van der Waals surface area contributed by atoms with Gasteiger partial charge in [0, 0.05) is 67.1 Å². The quantitative estimate of drug-likeness (QED) is 0.609. The summed E-state index contributed by atoms with van der Waals surface area (Å²) in [5, 5.41) is 8.74. The van der Waals surface area contributed by atoms with E-state index >= 15 is 0 Å². The minimum absolute atomic E-state index is 0.216. The minimum Gasteiger partial charge on any atom is -0.328 e. The van der Waals surface area contributed by atoms with Gasteiger partial charge in [-0.2, -0.15) is 0 Å². The molecule has 8 heteroatoms. The number of urea groups is 1. The molecule has 2 aliphatic heterocycles. The largest absolute Gasteiger partial charge is 0.328 e. The summed E-state index contributed by atoms with van der Waals surface area (Å²) in [6, 6.07) is 8.99. The Hall–Kier alpha value is -3.16. The van der Waals surface area contributed by atoms with Crippen LogP contribution in [0.1, 0.15) is 85.1 Å². The van der Waals surface area contributed by atoms with Gasteiger partial charge < -0.3 is 19.4 Å². The van der Waals surface area contributed by atoms with Crippen LogP contribution in [0, 0.1) is 5.41 Å². The molecular formula is C27H31N7O. The van der Waals surface area contributed by atoms with Crippen molar-refractivity contribution in [1.29, 1.82) is 0 Å². The van der Waals surface area contributed by atoms with Crippen molar-refractivity contribution in [3.8, 4) is 5.69 Å². The van der Waals surface area contributed by atoms with E-state index in [0.29, 0.717) is 29.1 Å². The third kappa shape index (κ3) is 3.40. The summed E-state index contributed by atoms with van der Waals surface area (Å²) in [6.45, 7) is 3.44. The minimum atomic E-state index is 0.216. The highest BCUT2D eigenvalue weighted by molar-refractivity contribution is 5.77. The molecule has 0 bridgehead atoms. The molecular weight excluding hydrogens is 438 g/mol. The number of hydrogen-bond acceptors (Lipinski definition) is 4. The van der Waals surface area contributed by atoms with Crippen LogP contribution < -0.4 is 0 Å². The molecule has 0 radical (unpaired) electrons. The second-order valence-electron chi connectivity index (χ2n) is 11.8. The molecule has 1 aromatic carbocycles. The number of carbonyl (C=O) groups is 1. The van der Waals surface area contributed by atoms with Gasteiger partial charge in [-0.05, 0) is 56.2 Å². The van der Waals surface area contributed by atoms with Gasteiger partial charge in [-0.3, -0.25) is 0 Å². The molecule has 35 heavy (non-hydrogen) atoms. The molecule has 2 aromatic heterocycles. The molecule has 0 atom stereocenters. The number of aromatic amines is 1. The van der Waals surface area contributed by atoms with Crippen LogP contribution >= 0.6 is 0 Å². The van der Waals surface area contributed by atoms with Gasteiger partial charge >= 0.3 is 6.03 Å². The monoisotopic (exact) mass is 469 g/mol. The number of nitrogens with zero attached hydrogens (tertiary/aromatic N) is 6. The van der Waals surface area contributed by atoms with Crippen molar-refractivity contribution in [2.45, 2.75) is 62.2 Å². The summed E-state index contributed by atoms with van der Waals surface area (Å²) in [5.74, 6) is 4.37. The van der Waals surface area contributed by atoms with Gasteiger partial charge in [-0.25, -0.2) is 9.78 Å². The molecule has 2 amide bonds. The molecule has 3 aliphatic carbocycles. The fourth-order valence-corrected chi connectivity index (χ4v) is 6.38. The van der Waals surface area contributed by atoms with Gasteiger partial charge in [0.05, 0.1) is 12.0 Å². The molecule has 3 aromatic rings. The van der Waals surface area contributed by atoms with Crippen LogP contribution in [0.4, 0.5) is 4.79 Å². The van der Waals surface area contributed by atoms with Gasteiger partial charge in [-0.1, -0.05) is 12.1 Å². The number of H-pyrrole nitrogens is 1. The Morgan fingerprint density at radius 2 is 1.54 bits per heavy atom. The predicted octanol–water partition coefficient (Wildman–Crippen LogP) is 4.14. The van der Waals surface area contributed by atoms with E-state index in [1.807, 2.05) is 16.1 Å². The molecule has 1 spiro atoms. The van der Waals surface area contributed by atoms with Crippen molar-refractivity contribution >= 4 is 6.03 Å². The number of hydrogen-bond donors (Lipinski definition) is 1. The van der Waals surface area contributed by atoms with Crippen molar-refractivity contribution in [2.24, 2.45) is 5.41 Å². The first-order valence-corrected chi connectivity index (χ1v) is 13.2. The van der Waals surface area contributed by atoms with Crippen molar-refractivity contribution < 1.29 is 4.79 Å². The fourth-order valence-electron chi connectivity index (χ4n) is 6.38. The van der Waals surface area contributed by atoms with Crippen LogP contribution in [-0.4, -0.2) is 66.7 Å². The molecule has 180 valence electrons. The van der Waals surface area contributed by atoms with Gasteiger partial charge in [-0.15, -0.1) is 10.2 Å². The van der Waals surface area contributed by atoms with Crippen molar-refractivity contribution in [1.82, 2.24) is 34.5 Å². The number of carbonyl (C=O) groups excluding carboxylic acids is 1. The van der Waals surface area contributed by atoms with E-state index in [4.69, 9.17) is 0 Å². The lowest BCUT2D eigenvalue weighted by Crippen LogP contribution is -2.67. The molecule has 8 rings (SSSR count). The molecule has 5 fully saturated rings. The van der Waals surface area contributed by atoms with Gasteiger partial charge in [0.15, 0.2) is 0 Å². The SMILES string of the molecule is O=C(N1CC(c2ccc(-n3cnc(C4CC4)c3)cc2)C1)N1CC2(CC(c3nnc(C4CC4)[nH]3)C2)C1. The highest BCUT2D eigenvalue weighted by Crippen LogP contribution is 2.56. The Morgan fingerprint density at radius 1 is 0.857 bits per heavy atom. The molecule has 0 unspecified atom stereocenters. The first-order valence-electron chi connectivity index (χ1n) is 13.2. The molecule has 2 saturated heterocycles. The molecule has 4 heterocycles. The number of imidazole rings is 1. The number of rotatable bonds is 5. The first kappa shape index (κ1) is 20.1. The lowest BCUT2D eigenvalue weighted by molar-refractivity contribution is -0.0601. The lowest BCUT2D eigenvalue weighted by Gasteiger charge is -2.59. The zero-order valence-corrected chi connectivity index (χ0v) is 19.9. The lowest BCUT2D eigenvalue weighted by atomic mass is 9.57. The van der Waals surface area contributed by atoms with Crippen molar-refractivity contribution in [2.75, 3.05) is 26.2 Å². The van der Waals surface area contributed by atoms with Gasteiger partial charge in [0.2, 0.25) is 0 Å². The van der Waals surface area contributed by atoms with Crippen molar-refractivity contribution in [3.05, 3.63) is 59.7 Å². The predicted molar refractivity (Wildman–Crippen MR) is 130 cm³/mol. The van der Waals surface area contributed by atoms with E-state index in [1.54, 1.807) is 0 Å². The number of benzene rings is 1.